The maximum atomic E-state index is 17.4. The molecule has 0 amide bonds. The number of benzene rings is 6. The molecular weight excluding hydrogens is 933 g/mol. The minimum absolute atomic E-state index is 0.173. The number of rotatable bonds is 12. The van der Waals surface area contributed by atoms with E-state index in [0.29, 0.717) is 12.1 Å². The number of Topliss-reactive ketones (excluding diaryl/α,β-unsaturated/α-hetero) is 1. The summed E-state index contributed by atoms with van der Waals surface area (Å²) >= 11 is 0. The van der Waals surface area contributed by atoms with E-state index in [1.807, 2.05) is 24.5 Å². The van der Waals surface area contributed by atoms with Crippen molar-refractivity contribution in [3.8, 4) is 0 Å². The molecule has 2 aliphatic rings. The molecule has 9 heteroatoms. The summed E-state index contributed by atoms with van der Waals surface area (Å²) in [5.74, 6) is -1.07. The van der Waals surface area contributed by atoms with E-state index in [1.54, 1.807) is 0 Å². The number of carbonyl (C=O) groups excluding carboxylic acids is 1. The van der Waals surface area contributed by atoms with Crippen LogP contribution in [0.4, 0.5) is 0 Å². The molecule has 0 saturated carbocycles. The van der Waals surface area contributed by atoms with Crippen LogP contribution in [0.3, 0.4) is 0 Å². The SMILES string of the molecule is Cn1cc(C(C(=O)C(c2cn(C)c3ccccc23)c2cccc3c2c2ccccc2n3C2CCN(Cc3ccccn3)CC2)c2cccc3c2c2ccccc2n3C2CCN(Cc3ccccn3)CC2)c2ccccc21. The Bertz CT molecular complexity index is 3840. The number of hydrogen-bond donors (Lipinski definition) is 0. The molecule has 9 nitrogen and oxygen atoms in total. The number of aromatic nitrogens is 6. The number of hydrogen-bond acceptors (Lipinski definition) is 5. The van der Waals surface area contributed by atoms with Crippen LogP contribution < -0.4 is 0 Å². The normalized spacial score (nSPS) is 16.2. The molecule has 0 bridgehead atoms. The third-order valence-corrected chi connectivity index (χ3v) is 17.3. The second-order valence-corrected chi connectivity index (χ2v) is 21.6. The first-order chi connectivity index (χ1) is 37.5. The van der Waals surface area contributed by atoms with Gasteiger partial charge in [0, 0.05) is 156 Å². The number of pyridine rings is 2. The second kappa shape index (κ2) is 19.2. The largest absolute Gasteiger partial charge is 0.350 e. The lowest BCUT2D eigenvalue weighted by molar-refractivity contribution is -0.120. The van der Waals surface area contributed by atoms with Crippen LogP contribution in [0, 0.1) is 0 Å². The number of ketones is 1. The zero-order valence-electron chi connectivity index (χ0n) is 43.3. The number of para-hydroxylation sites is 4. The summed E-state index contributed by atoms with van der Waals surface area (Å²) < 4.78 is 9.68. The van der Waals surface area contributed by atoms with E-state index in [-0.39, 0.29) is 5.78 Å². The third kappa shape index (κ3) is 7.86. The van der Waals surface area contributed by atoms with Gasteiger partial charge in [0.1, 0.15) is 0 Å². The number of carbonyl (C=O) groups is 1. The molecule has 2 atom stereocenters. The fraction of sp³-hybridized carbons (Fsp3) is 0.239. The summed E-state index contributed by atoms with van der Waals surface area (Å²) in [5.41, 5.74) is 13.5. The number of piperidine rings is 2. The molecule has 12 aromatic rings. The van der Waals surface area contributed by atoms with Crippen molar-refractivity contribution in [2.24, 2.45) is 14.1 Å². The highest BCUT2D eigenvalue weighted by atomic mass is 16.1. The van der Waals surface area contributed by atoms with Gasteiger partial charge in [0.05, 0.1) is 23.2 Å². The van der Waals surface area contributed by atoms with Crippen LogP contribution in [-0.2, 0) is 32.0 Å². The van der Waals surface area contributed by atoms with Crippen molar-refractivity contribution < 1.29 is 4.79 Å². The Balaban J connectivity index is 0.952. The van der Waals surface area contributed by atoms with Gasteiger partial charge in [0.25, 0.3) is 0 Å². The van der Waals surface area contributed by atoms with Crippen molar-refractivity contribution in [1.29, 1.82) is 0 Å². The van der Waals surface area contributed by atoms with Crippen molar-refractivity contribution in [3.05, 3.63) is 228 Å². The molecule has 2 saturated heterocycles. The summed E-state index contributed by atoms with van der Waals surface area (Å²) in [7, 11) is 4.25. The van der Waals surface area contributed by atoms with E-state index in [9.17, 15) is 0 Å². The Morgan fingerprint density at radius 3 is 1.20 bits per heavy atom. The summed E-state index contributed by atoms with van der Waals surface area (Å²) in [6, 6.07) is 61.8. The average Bonchev–Trinajstić information content (AvgIpc) is 4.20. The van der Waals surface area contributed by atoms with E-state index >= 15 is 4.79 Å². The van der Waals surface area contributed by atoms with Crippen LogP contribution in [0.15, 0.2) is 195 Å². The molecular formula is C67H62N8O. The summed E-state index contributed by atoms with van der Waals surface area (Å²) in [4.78, 5) is 31.9. The van der Waals surface area contributed by atoms with Crippen LogP contribution in [-0.4, -0.2) is 70.0 Å². The number of fused-ring (bicyclic) bond motifs is 8. The molecule has 2 aliphatic heterocycles. The Kier molecular flexibility index (Phi) is 11.7. The number of nitrogens with zero attached hydrogens (tertiary/aromatic N) is 8. The average molecular weight is 995 g/mol. The summed E-state index contributed by atoms with van der Waals surface area (Å²) in [6.45, 7) is 5.69. The molecule has 2 unspecified atom stereocenters. The van der Waals surface area contributed by atoms with E-state index in [0.717, 1.165) is 120 Å². The predicted octanol–water partition coefficient (Wildman–Crippen LogP) is 13.9. The van der Waals surface area contributed by atoms with E-state index < -0.39 is 11.8 Å². The molecule has 6 aromatic heterocycles. The van der Waals surface area contributed by atoms with Crippen LogP contribution in [0.1, 0.15) is 83.2 Å². The molecule has 2 fully saturated rings. The number of likely N-dealkylation sites (tertiary alicyclic amines) is 2. The zero-order chi connectivity index (χ0) is 50.9. The lowest BCUT2D eigenvalue weighted by Crippen LogP contribution is -2.34. The van der Waals surface area contributed by atoms with Crippen LogP contribution in [0.5, 0.6) is 0 Å². The van der Waals surface area contributed by atoms with Gasteiger partial charge in [-0.1, -0.05) is 109 Å². The van der Waals surface area contributed by atoms with Crippen LogP contribution in [0.25, 0.3) is 65.4 Å². The van der Waals surface area contributed by atoms with Gasteiger partial charge in [-0.15, -0.1) is 0 Å². The van der Waals surface area contributed by atoms with Gasteiger partial charge < -0.3 is 18.3 Å². The Morgan fingerprint density at radius 2 is 0.789 bits per heavy atom. The Morgan fingerprint density at radius 1 is 0.421 bits per heavy atom. The minimum atomic E-state index is -0.620. The van der Waals surface area contributed by atoms with Gasteiger partial charge in [0.2, 0.25) is 0 Å². The topological polar surface area (TPSA) is 69.1 Å². The lowest BCUT2D eigenvalue weighted by Gasteiger charge is -2.33. The van der Waals surface area contributed by atoms with Crippen molar-refractivity contribution in [2.45, 2.75) is 62.7 Å². The standard InChI is InChI=1S/C67H62N8O/c1-70-43-55(49-19-3-7-25-57(49)70)65(53-23-15-29-61-63(53)51-21-5-9-27-59(51)74(61)47-31-37-72(38-32-47)41-45-17-11-13-35-68-45)67(76)66(56-44-71(2)58-26-8-4-20-50(56)58)54-24-16-30-62-64(54)52-22-6-10-28-60(52)75(62)48-33-39-73(40-34-48)42-46-18-12-14-36-69-46/h3-30,35-36,43-44,47-48,65-66H,31-34,37-42H2,1-2H3. The molecule has 0 spiro atoms. The van der Waals surface area contributed by atoms with E-state index in [4.69, 9.17) is 0 Å². The summed E-state index contributed by atoms with van der Waals surface area (Å²) in [6.07, 6.45) is 12.4. The quantitative estimate of drug-likeness (QED) is 0.122. The van der Waals surface area contributed by atoms with Crippen LogP contribution in [0.2, 0.25) is 0 Å². The van der Waals surface area contributed by atoms with E-state index in [1.165, 1.54) is 43.6 Å². The van der Waals surface area contributed by atoms with Gasteiger partial charge >= 0.3 is 0 Å². The third-order valence-electron chi connectivity index (χ3n) is 17.3. The van der Waals surface area contributed by atoms with Crippen LogP contribution >= 0.6 is 0 Å². The van der Waals surface area contributed by atoms with Gasteiger partial charge in [-0.25, -0.2) is 0 Å². The predicted molar refractivity (Wildman–Crippen MR) is 309 cm³/mol. The zero-order valence-corrected chi connectivity index (χ0v) is 43.3. The molecule has 14 rings (SSSR count). The molecule has 376 valence electrons. The van der Waals surface area contributed by atoms with Crippen molar-refractivity contribution >= 4 is 71.2 Å². The maximum Gasteiger partial charge on any atom is 0.156 e. The molecule has 8 heterocycles. The highest BCUT2D eigenvalue weighted by Gasteiger charge is 2.39. The Hall–Kier alpha value is -8.11. The molecule has 0 N–H and O–H groups in total. The molecule has 76 heavy (non-hydrogen) atoms. The van der Waals surface area contributed by atoms with Crippen molar-refractivity contribution in [1.82, 2.24) is 38.0 Å². The van der Waals surface area contributed by atoms with E-state index in [2.05, 4.69) is 222 Å². The van der Waals surface area contributed by atoms with Crippen molar-refractivity contribution in [2.75, 3.05) is 26.2 Å². The number of aryl methyl sites for hydroxylation is 2. The first-order valence-corrected chi connectivity index (χ1v) is 27.4. The van der Waals surface area contributed by atoms with Gasteiger partial charge in [0.15, 0.2) is 5.78 Å². The highest BCUT2D eigenvalue weighted by Crippen LogP contribution is 2.49. The Labute approximate surface area is 443 Å². The molecule has 0 radical (unpaired) electrons. The highest BCUT2D eigenvalue weighted by molar-refractivity contribution is 6.16. The smallest absolute Gasteiger partial charge is 0.156 e. The van der Waals surface area contributed by atoms with Crippen molar-refractivity contribution in [3.63, 3.8) is 0 Å². The monoisotopic (exact) mass is 995 g/mol. The lowest BCUT2D eigenvalue weighted by atomic mass is 9.75. The molecule has 6 aromatic carbocycles. The minimum Gasteiger partial charge on any atom is -0.350 e. The fourth-order valence-corrected chi connectivity index (χ4v) is 13.9. The molecule has 0 aliphatic carbocycles. The summed E-state index contributed by atoms with van der Waals surface area (Å²) in [5, 5.41) is 6.93. The maximum absolute atomic E-state index is 17.4. The van der Waals surface area contributed by atoms with Gasteiger partial charge in [-0.2, -0.15) is 0 Å². The van der Waals surface area contributed by atoms with Gasteiger partial charge in [-0.3, -0.25) is 24.6 Å². The second-order valence-electron chi connectivity index (χ2n) is 21.6. The van der Waals surface area contributed by atoms with Gasteiger partial charge in [-0.05, 0) is 109 Å². The first-order valence-electron chi connectivity index (χ1n) is 27.4. The first kappa shape index (κ1) is 46.4. The fourth-order valence-electron chi connectivity index (χ4n) is 13.9.